The molecule has 4 rings (SSSR count). The minimum absolute atomic E-state index is 0.281. The van der Waals surface area contributed by atoms with Crippen LogP contribution in [0, 0.1) is 17.1 Å². The Morgan fingerprint density at radius 3 is 2.63 bits per heavy atom. The fraction of sp³-hybridized carbons (Fsp3) is 0.250. The van der Waals surface area contributed by atoms with Crippen LogP contribution in [0.15, 0.2) is 42.5 Å². The minimum Gasteiger partial charge on any atom is -0.496 e. The fourth-order valence-corrected chi connectivity index (χ4v) is 3.98. The van der Waals surface area contributed by atoms with E-state index in [4.69, 9.17) is 15.2 Å². The summed E-state index contributed by atoms with van der Waals surface area (Å²) in [5, 5.41) is 9.75. The summed E-state index contributed by atoms with van der Waals surface area (Å²) < 4.78 is 24.4. The van der Waals surface area contributed by atoms with Gasteiger partial charge < -0.3 is 9.47 Å². The molecular formula is C24H23FN3O2+. The number of benzene rings is 2. The molecule has 0 spiro atoms. The molecule has 0 fully saturated rings. The lowest BCUT2D eigenvalue weighted by molar-refractivity contribution is -0.374. The molecule has 0 atom stereocenters. The maximum absolute atomic E-state index is 13.1. The van der Waals surface area contributed by atoms with Gasteiger partial charge in [0.05, 0.1) is 7.11 Å². The summed E-state index contributed by atoms with van der Waals surface area (Å²) in [5.74, 6) is 1.33. The van der Waals surface area contributed by atoms with Crippen LogP contribution in [0.3, 0.4) is 0 Å². The summed E-state index contributed by atoms with van der Waals surface area (Å²) in [5.41, 5.74) is 11.5. The van der Waals surface area contributed by atoms with Crippen LogP contribution < -0.4 is 20.2 Å². The first-order chi connectivity index (χ1) is 14.6. The third kappa shape index (κ3) is 3.79. The van der Waals surface area contributed by atoms with Gasteiger partial charge in [-0.2, -0.15) is 5.26 Å². The van der Waals surface area contributed by atoms with E-state index in [-0.39, 0.29) is 12.4 Å². The van der Waals surface area contributed by atoms with E-state index in [1.165, 1.54) is 12.1 Å². The minimum atomic E-state index is -0.305. The molecule has 0 saturated heterocycles. The van der Waals surface area contributed by atoms with Crippen LogP contribution in [0.5, 0.6) is 11.5 Å². The number of ether oxygens (including phenoxy) is 2. The van der Waals surface area contributed by atoms with Crippen LogP contribution in [0.25, 0.3) is 11.1 Å². The highest BCUT2D eigenvalue weighted by atomic mass is 19.1. The Bertz CT molecular complexity index is 1120. The molecule has 1 heterocycles. The van der Waals surface area contributed by atoms with Crippen LogP contribution in [-0.2, 0) is 19.4 Å². The SMILES string of the molecule is COc1cc(-c2c(C#N)c(N)[nH+]c3c2CCCC3)ccc1COc1ccc(F)cc1. The normalized spacial score (nSPS) is 12.7. The first-order valence-corrected chi connectivity index (χ1v) is 9.93. The number of nitriles is 1. The number of nitrogens with zero attached hydrogens (tertiary/aromatic N) is 1. The lowest BCUT2D eigenvalue weighted by atomic mass is 9.86. The summed E-state index contributed by atoms with van der Waals surface area (Å²) in [6.45, 7) is 0.281. The highest BCUT2D eigenvalue weighted by molar-refractivity contribution is 5.79. The molecule has 5 nitrogen and oxygen atoms in total. The van der Waals surface area contributed by atoms with Crippen molar-refractivity contribution in [1.82, 2.24) is 0 Å². The van der Waals surface area contributed by atoms with Crippen LogP contribution >= 0.6 is 0 Å². The van der Waals surface area contributed by atoms with E-state index in [0.29, 0.717) is 22.9 Å². The summed E-state index contributed by atoms with van der Waals surface area (Å²) >= 11 is 0. The average molecular weight is 404 g/mol. The fourth-order valence-electron chi connectivity index (χ4n) is 3.98. The quantitative estimate of drug-likeness (QED) is 0.690. The van der Waals surface area contributed by atoms with Gasteiger partial charge in [-0.15, -0.1) is 0 Å². The van der Waals surface area contributed by atoms with Crippen molar-refractivity contribution in [3.05, 3.63) is 70.7 Å². The van der Waals surface area contributed by atoms with Crippen molar-refractivity contribution in [2.24, 2.45) is 0 Å². The molecule has 0 unspecified atom stereocenters. The van der Waals surface area contributed by atoms with Crippen LogP contribution in [0.4, 0.5) is 10.2 Å². The number of hydrogen-bond acceptors (Lipinski definition) is 4. The number of halogens is 1. The Morgan fingerprint density at radius 2 is 1.90 bits per heavy atom. The molecule has 2 aromatic carbocycles. The van der Waals surface area contributed by atoms with E-state index in [0.717, 1.165) is 53.6 Å². The molecule has 0 saturated carbocycles. The molecule has 6 heteroatoms. The summed E-state index contributed by atoms with van der Waals surface area (Å²) in [6.07, 6.45) is 4.04. The van der Waals surface area contributed by atoms with Gasteiger partial charge in [-0.05, 0) is 55.2 Å². The highest BCUT2D eigenvalue weighted by Crippen LogP contribution is 2.36. The van der Waals surface area contributed by atoms with E-state index in [2.05, 4.69) is 11.1 Å². The molecule has 152 valence electrons. The molecule has 3 N–H and O–H groups in total. The number of hydrogen-bond donors (Lipinski definition) is 1. The highest BCUT2D eigenvalue weighted by Gasteiger charge is 2.25. The smallest absolute Gasteiger partial charge is 0.289 e. The van der Waals surface area contributed by atoms with Crippen LogP contribution in [-0.4, -0.2) is 7.11 Å². The molecule has 3 aromatic rings. The maximum atomic E-state index is 13.1. The Hall–Kier alpha value is -3.59. The van der Waals surface area contributed by atoms with E-state index in [1.807, 2.05) is 18.2 Å². The third-order valence-electron chi connectivity index (χ3n) is 5.47. The van der Waals surface area contributed by atoms with Crippen molar-refractivity contribution in [2.75, 3.05) is 12.8 Å². The number of methoxy groups -OCH3 is 1. The van der Waals surface area contributed by atoms with Crippen molar-refractivity contribution in [3.8, 4) is 28.7 Å². The average Bonchev–Trinajstić information content (AvgIpc) is 2.77. The summed E-state index contributed by atoms with van der Waals surface area (Å²) in [6, 6.07) is 14.0. The molecule has 0 amide bonds. The molecule has 1 aliphatic rings. The number of aryl methyl sites for hydroxylation is 1. The molecule has 0 aliphatic heterocycles. The zero-order chi connectivity index (χ0) is 21.1. The number of nitrogens with one attached hydrogen (secondary N) is 1. The van der Waals surface area contributed by atoms with Gasteiger partial charge in [0.15, 0.2) is 0 Å². The first kappa shape index (κ1) is 19.7. The summed E-state index contributed by atoms with van der Waals surface area (Å²) in [4.78, 5) is 3.22. The third-order valence-corrected chi connectivity index (χ3v) is 5.47. The van der Waals surface area contributed by atoms with E-state index >= 15 is 0 Å². The molecule has 0 radical (unpaired) electrons. The Kier molecular flexibility index (Phi) is 5.53. The lowest BCUT2D eigenvalue weighted by Crippen LogP contribution is -2.24. The number of aromatic amines is 1. The number of rotatable bonds is 5. The number of nitrogens with two attached hydrogens (primary N) is 1. The molecule has 30 heavy (non-hydrogen) atoms. The predicted octanol–water partition coefficient (Wildman–Crippen LogP) is 4.23. The van der Waals surface area contributed by atoms with E-state index in [9.17, 15) is 9.65 Å². The number of aromatic nitrogens is 1. The number of H-pyrrole nitrogens is 1. The van der Waals surface area contributed by atoms with Gasteiger partial charge in [0.2, 0.25) is 0 Å². The van der Waals surface area contributed by atoms with Gasteiger partial charge in [-0.25, -0.2) is 9.37 Å². The topological polar surface area (TPSA) is 82.4 Å². The van der Waals surface area contributed by atoms with Crippen molar-refractivity contribution in [1.29, 1.82) is 5.26 Å². The first-order valence-electron chi connectivity index (χ1n) is 9.93. The van der Waals surface area contributed by atoms with Gasteiger partial charge in [0.1, 0.15) is 41.2 Å². The largest absolute Gasteiger partial charge is 0.496 e. The molecule has 1 aromatic heterocycles. The van der Waals surface area contributed by atoms with Crippen LogP contribution in [0.1, 0.15) is 35.2 Å². The number of anilines is 1. The Morgan fingerprint density at radius 1 is 1.13 bits per heavy atom. The second-order valence-corrected chi connectivity index (χ2v) is 7.33. The predicted molar refractivity (Wildman–Crippen MR) is 111 cm³/mol. The lowest BCUT2D eigenvalue weighted by Gasteiger charge is -2.19. The number of fused-ring (bicyclic) bond motifs is 1. The van der Waals surface area contributed by atoms with Crippen LogP contribution in [0.2, 0.25) is 0 Å². The van der Waals surface area contributed by atoms with Gasteiger partial charge in [0, 0.05) is 23.1 Å². The Labute approximate surface area is 174 Å². The zero-order valence-electron chi connectivity index (χ0n) is 16.8. The maximum Gasteiger partial charge on any atom is 0.289 e. The van der Waals surface area contributed by atoms with Crippen molar-refractivity contribution in [2.45, 2.75) is 32.3 Å². The van der Waals surface area contributed by atoms with Gasteiger partial charge in [0.25, 0.3) is 5.82 Å². The molecule has 1 aliphatic carbocycles. The van der Waals surface area contributed by atoms with Crippen molar-refractivity contribution in [3.63, 3.8) is 0 Å². The second kappa shape index (κ2) is 8.42. The van der Waals surface area contributed by atoms with E-state index < -0.39 is 0 Å². The molecule has 0 bridgehead atoms. The molecular weight excluding hydrogens is 381 g/mol. The Balaban J connectivity index is 1.70. The van der Waals surface area contributed by atoms with Gasteiger partial charge in [-0.1, -0.05) is 12.1 Å². The zero-order valence-corrected chi connectivity index (χ0v) is 16.8. The second-order valence-electron chi connectivity index (χ2n) is 7.33. The summed E-state index contributed by atoms with van der Waals surface area (Å²) in [7, 11) is 1.61. The monoisotopic (exact) mass is 404 g/mol. The van der Waals surface area contributed by atoms with Gasteiger partial charge in [-0.3, -0.25) is 5.73 Å². The van der Waals surface area contributed by atoms with E-state index in [1.54, 1.807) is 19.2 Å². The number of nitrogen functional groups attached to an aromatic ring is 1. The van der Waals surface area contributed by atoms with Gasteiger partial charge >= 0.3 is 0 Å². The van der Waals surface area contributed by atoms with Crippen molar-refractivity contribution >= 4 is 5.82 Å². The number of pyridine rings is 1. The van der Waals surface area contributed by atoms with Crippen molar-refractivity contribution < 1.29 is 18.8 Å². The standard InChI is InChI=1S/C24H22FN3O2/c1-29-22-12-15(6-7-16(22)14-30-18-10-8-17(25)9-11-18)23-19-4-2-3-5-21(19)28-24(27)20(23)13-26/h6-12H,2-5,14H2,1H3,(H2,27,28)/p+1.